The predicted octanol–water partition coefficient (Wildman–Crippen LogP) is 2.55. The molecule has 0 heterocycles. The van der Waals surface area contributed by atoms with Crippen molar-refractivity contribution in [3.05, 3.63) is 0 Å². The smallest absolute Gasteiger partial charge is 0.109 e. The van der Waals surface area contributed by atoms with E-state index in [1.165, 1.54) is 25.7 Å². The second kappa shape index (κ2) is 7.58. The first-order chi connectivity index (χ1) is 10.1. The lowest BCUT2D eigenvalue weighted by molar-refractivity contribution is 0.0958. The highest BCUT2D eigenvalue weighted by molar-refractivity contribution is 5.16. The van der Waals surface area contributed by atoms with E-state index in [-0.39, 0.29) is 5.54 Å². The summed E-state index contributed by atoms with van der Waals surface area (Å²) in [7, 11) is 1.77. The average Bonchev–Trinajstić information content (AvgIpc) is 3.20. The van der Waals surface area contributed by atoms with Gasteiger partial charge in [0.2, 0.25) is 0 Å². The number of hydrogen-bond acceptors (Lipinski definition) is 4. The minimum Gasteiger partial charge on any atom is -0.383 e. The molecule has 1 N–H and O–H groups in total. The van der Waals surface area contributed by atoms with E-state index < -0.39 is 0 Å². The van der Waals surface area contributed by atoms with Gasteiger partial charge in [-0.05, 0) is 58.0 Å². The molecule has 3 atom stereocenters. The van der Waals surface area contributed by atoms with Gasteiger partial charge in [-0.2, -0.15) is 5.26 Å². The molecular formula is C17H31N3O. The van der Waals surface area contributed by atoms with Crippen molar-refractivity contribution in [1.82, 2.24) is 10.2 Å². The van der Waals surface area contributed by atoms with Crippen molar-refractivity contribution < 1.29 is 4.74 Å². The number of hydrogen-bond donors (Lipinski definition) is 1. The second-order valence-corrected chi connectivity index (χ2v) is 6.81. The summed E-state index contributed by atoms with van der Waals surface area (Å²) in [5.41, 5.74) is -0.245. The van der Waals surface area contributed by atoms with Gasteiger partial charge in [0, 0.05) is 19.2 Å². The Bertz CT molecular complexity index is 364. The third-order valence-electron chi connectivity index (χ3n) is 5.26. The van der Waals surface area contributed by atoms with E-state index in [1.807, 2.05) is 0 Å². The molecule has 120 valence electrons. The highest BCUT2D eigenvalue weighted by Gasteiger charge is 2.45. The summed E-state index contributed by atoms with van der Waals surface area (Å²) in [5, 5.41) is 13.4. The Morgan fingerprint density at radius 2 is 2.19 bits per heavy atom. The molecule has 2 rings (SSSR count). The van der Waals surface area contributed by atoms with Crippen LogP contribution < -0.4 is 5.32 Å². The van der Waals surface area contributed by atoms with Crippen LogP contribution in [-0.4, -0.2) is 49.3 Å². The topological polar surface area (TPSA) is 48.3 Å². The second-order valence-electron chi connectivity index (χ2n) is 6.81. The highest BCUT2D eigenvalue weighted by Crippen LogP contribution is 2.40. The number of nitrogens with zero attached hydrogens (tertiary/aromatic N) is 2. The van der Waals surface area contributed by atoms with Crippen molar-refractivity contribution in [1.29, 1.82) is 5.26 Å². The van der Waals surface area contributed by atoms with E-state index in [2.05, 4.69) is 30.1 Å². The van der Waals surface area contributed by atoms with Gasteiger partial charge < -0.3 is 4.74 Å². The fraction of sp³-hybridized carbons (Fsp3) is 0.941. The standard InChI is InChI=1S/C17H31N3O/c1-4-20(14(2)12-21-3)11-9-15-6-5-10-17(15,13-18)19-16-7-8-16/h14-16,19H,4-12H2,1-3H3. The zero-order valence-electron chi connectivity index (χ0n) is 13.9. The summed E-state index contributed by atoms with van der Waals surface area (Å²) in [6.07, 6.45) is 7.05. The highest BCUT2D eigenvalue weighted by atomic mass is 16.5. The van der Waals surface area contributed by atoms with Crippen LogP contribution in [0.25, 0.3) is 0 Å². The average molecular weight is 293 g/mol. The SMILES string of the molecule is CCN(CCC1CCCC1(C#N)NC1CC1)C(C)COC. The van der Waals surface area contributed by atoms with Gasteiger partial charge in [-0.1, -0.05) is 13.3 Å². The normalized spacial score (nSPS) is 30.5. The number of ether oxygens (including phenoxy) is 1. The molecule has 0 amide bonds. The van der Waals surface area contributed by atoms with Crippen LogP contribution in [-0.2, 0) is 4.74 Å². The van der Waals surface area contributed by atoms with Crippen molar-refractivity contribution >= 4 is 0 Å². The maximum atomic E-state index is 9.73. The molecule has 4 nitrogen and oxygen atoms in total. The summed E-state index contributed by atoms with van der Waals surface area (Å²) in [5.74, 6) is 0.506. The lowest BCUT2D eigenvalue weighted by atomic mass is 9.85. The first kappa shape index (κ1) is 16.7. The molecule has 0 radical (unpaired) electrons. The molecule has 0 aromatic rings. The Labute approximate surface area is 129 Å². The van der Waals surface area contributed by atoms with Crippen LogP contribution in [0.5, 0.6) is 0 Å². The molecule has 0 aromatic heterocycles. The Morgan fingerprint density at radius 1 is 1.43 bits per heavy atom. The number of methoxy groups -OCH3 is 1. The van der Waals surface area contributed by atoms with E-state index >= 15 is 0 Å². The molecule has 2 aliphatic carbocycles. The molecule has 21 heavy (non-hydrogen) atoms. The van der Waals surface area contributed by atoms with E-state index in [1.54, 1.807) is 7.11 Å². The zero-order valence-corrected chi connectivity index (χ0v) is 13.9. The number of likely N-dealkylation sites (N-methyl/N-ethyl adjacent to an activating group) is 1. The molecular weight excluding hydrogens is 262 g/mol. The van der Waals surface area contributed by atoms with Gasteiger partial charge in [0.05, 0.1) is 12.7 Å². The summed E-state index contributed by atoms with van der Waals surface area (Å²) in [4.78, 5) is 2.47. The summed E-state index contributed by atoms with van der Waals surface area (Å²) in [6.45, 7) is 7.33. The summed E-state index contributed by atoms with van der Waals surface area (Å²) in [6, 6.07) is 3.70. The van der Waals surface area contributed by atoms with E-state index in [0.29, 0.717) is 18.0 Å². The third-order valence-corrected chi connectivity index (χ3v) is 5.26. The molecule has 0 aromatic carbocycles. The van der Waals surface area contributed by atoms with Crippen molar-refractivity contribution in [2.75, 3.05) is 26.8 Å². The number of nitrogens with one attached hydrogen (secondary N) is 1. The molecule has 0 aliphatic heterocycles. The fourth-order valence-electron chi connectivity index (χ4n) is 3.79. The molecule has 3 unspecified atom stereocenters. The van der Waals surface area contributed by atoms with Gasteiger partial charge in [0.25, 0.3) is 0 Å². The maximum Gasteiger partial charge on any atom is 0.109 e. The summed E-state index contributed by atoms with van der Waals surface area (Å²) < 4.78 is 5.27. The molecule has 2 fully saturated rings. The van der Waals surface area contributed by atoms with Crippen molar-refractivity contribution in [3.8, 4) is 6.07 Å². The van der Waals surface area contributed by atoms with E-state index in [9.17, 15) is 5.26 Å². The van der Waals surface area contributed by atoms with Crippen LogP contribution in [0, 0.1) is 17.2 Å². The molecule has 2 aliphatic rings. The third kappa shape index (κ3) is 4.18. The number of rotatable bonds is 9. The van der Waals surface area contributed by atoms with Crippen molar-refractivity contribution in [2.45, 2.75) is 70.0 Å². The van der Waals surface area contributed by atoms with Gasteiger partial charge in [-0.15, -0.1) is 0 Å². The first-order valence-electron chi connectivity index (χ1n) is 8.57. The fourth-order valence-corrected chi connectivity index (χ4v) is 3.79. The van der Waals surface area contributed by atoms with Gasteiger partial charge in [-0.3, -0.25) is 10.2 Å². The van der Waals surface area contributed by atoms with E-state index in [0.717, 1.165) is 32.5 Å². The zero-order chi connectivity index (χ0) is 15.3. The monoisotopic (exact) mass is 293 g/mol. The van der Waals surface area contributed by atoms with Crippen LogP contribution in [0.2, 0.25) is 0 Å². The quantitative estimate of drug-likeness (QED) is 0.710. The Morgan fingerprint density at radius 3 is 2.76 bits per heavy atom. The van der Waals surface area contributed by atoms with Crippen LogP contribution in [0.1, 0.15) is 52.4 Å². The maximum absolute atomic E-state index is 9.73. The molecule has 2 saturated carbocycles. The largest absolute Gasteiger partial charge is 0.383 e. The summed E-state index contributed by atoms with van der Waals surface area (Å²) >= 11 is 0. The van der Waals surface area contributed by atoms with Crippen LogP contribution >= 0.6 is 0 Å². The van der Waals surface area contributed by atoms with Gasteiger partial charge in [0.15, 0.2) is 0 Å². The molecule has 0 saturated heterocycles. The molecule has 4 heteroatoms. The Balaban J connectivity index is 1.89. The molecule has 0 spiro atoms. The lowest BCUT2D eigenvalue weighted by Gasteiger charge is -2.33. The Kier molecular flexibility index (Phi) is 6.04. The van der Waals surface area contributed by atoms with Crippen LogP contribution in [0.3, 0.4) is 0 Å². The molecule has 0 bridgehead atoms. The van der Waals surface area contributed by atoms with Crippen molar-refractivity contribution in [3.63, 3.8) is 0 Å². The minimum atomic E-state index is -0.245. The first-order valence-corrected chi connectivity index (χ1v) is 8.57. The number of nitriles is 1. The van der Waals surface area contributed by atoms with Crippen molar-refractivity contribution in [2.24, 2.45) is 5.92 Å². The predicted molar refractivity (Wildman–Crippen MR) is 85.0 cm³/mol. The lowest BCUT2D eigenvalue weighted by Crippen LogP contribution is -2.49. The van der Waals surface area contributed by atoms with Gasteiger partial charge in [-0.25, -0.2) is 0 Å². The van der Waals surface area contributed by atoms with Crippen LogP contribution in [0.15, 0.2) is 0 Å². The Hall–Kier alpha value is -0.630. The minimum absolute atomic E-state index is 0.245. The van der Waals surface area contributed by atoms with E-state index in [4.69, 9.17) is 4.74 Å². The van der Waals surface area contributed by atoms with Gasteiger partial charge >= 0.3 is 0 Å². The van der Waals surface area contributed by atoms with Gasteiger partial charge in [0.1, 0.15) is 5.54 Å². The van der Waals surface area contributed by atoms with Crippen LogP contribution in [0.4, 0.5) is 0 Å².